The summed E-state index contributed by atoms with van der Waals surface area (Å²) in [6, 6.07) is 0.516. The molecule has 0 radical (unpaired) electrons. The molecule has 0 bridgehead atoms. The van der Waals surface area contributed by atoms with Crippen LogP contribution >= 0.6 is 0 Å². The van der Waals surface area contributed by atoms with Crippen molar-refractivity contribution < 1.29 is 4.79 Å². The molecule has 2 aliphatic rings. The number of urea groups is 1. The molecule has 2 N–H and O–H groups in total. The van der Waals surface area contributed by atoms with E-state index in [4.69, 9.17) is 5.73 Å². The molecule has 20 heavy (non-hydrogen) atoms. The van der Waals surface area contributed by atoms with Gasteiger partial charge in [-0.05, 0) is 32.1 Å². The Balaban J connectivity index is 1.91. The molecule has 2 rings (SSSR count). The van der Waals surface area contributed by atoms with Crippen LogP contribution in [-0.2, 0) is 0 Å². The van der Waals surface area contributed by atoms with Gasteiger partial charge in [-0.25, -0.2) is 4.79 Å². The zero-order chi connectivity index (χ0) is 14.5. The van der Waals surface area contributed by atoms with Gasteiger partial charge in [0.15, 0.2) is 0 Å². The Kier molecular flexibility index (Phi) is 5.32. The smallest absolute Gasteiger partial charge is 0.320 e. The zero-order valence-corrected chi connectivity index (χ0v) is 12.8. The summed E-state index contributed by atoms with van der Waals surface area (Å²) in [4.78, 5) is 16.6. The molecule has 2 amide bonds. The van der Waals surface area contributed by atoms with E-state index in [0.717, 1.165) is 38.3 Å². The number of hydrogen-bond acceptors (Lipinski definition) is 2. The minimum absolute atomic E-state index is 0.152. The summed E-state index contributed by atoms with van der Waals surface area (Å²) in [6.07, 6.45) is 8.70. The first-order chi connectivity index (χ1) is 9.58. The van der Waals surface area contributed by atoms with Gasteiger partial charge in [0.05, 0.1) is 6.54 Å². The van der Waals surface area contributed by atoms with Gasteiger partial charge in [0.1, 0.15) is 0 Å². The van der Waals surface area contributed by atoms with E-state index in [1.54, 1.807) is 0 Å². The fraction of sp³-hybridized carbons (Fsp3) is 0.812. The number of amides is 2. The maximum atomic E-state index is 12.7. The molecule has 0 aromatic rings. The van der Waals surface area contributed by atoms with Gasteiger partial charge in [-0.1, -0.05) is 32.3 Å². The van der Waals surface area contributed by atoms with E-state index in [1.165, 1.54) is 25.7 Å². The van der Waals surface area contributed by atoms with E-state index in [9.17, 15) is 4.79 Å². The molecule has 0 spiro atoms. The minimum Gasteiger partial charge on any atom is -0.401 e. The van der Waals surface area contributed by atoms with Crippen LogP contribution in [0.25, 0.3) is 0 Å². The highest BCUT2D eigenvalue weighted by Gasteiger charge is 2.29. The number of hydrogen-bond donors (Lipinski definition) is 1. The summed E-state index contributed by atoms with van der Waals surface area (Å²) < 4.78 is 0. The van der Waals surface area contributed by atoms with Gasteiger partial charge < -0.3 is 15.5 Å². The Morgan fingerprint density at radius 3 is 2.55 bits per heavy atom. The predicted molar refractivity (Wildman–Crippen MR) is 82.3 cm³/mol. The van der Waals surface area contributed by atoms with E-state index in [-0.39, 0.29) is 6.03 Å². The van der Waals surface area contributed by atoms with Crippen LogP contribution in [0.2, 0.25) is 0 Å². The molecule has 0 aromatic carbocycles. The number of carbonyl (C=O) groups excluding carboxylic acids is 1. The molecule has 2 fully saturated rings. The summed E-state index contributed by atoms with van der Waals surface area (Å²) in [7, 11) is 0. The summed E-state index contributed by atoms with van der Waals surface area (Å²) in [5, 5.41) is 0. The van der Waals surface area contributed by atoms with Crippen LogP contribution in [0.15, 0.2) is 12.3 Å². The van der Waals surface area contributed by atoms with Crippen LogP contribution in [0, 0.1) is 5.92 Å². The Morgan fingerprint density at radius 1 is 1.30 bits per heavy atom. The van der Waals surface area contributed by atoms with Gasteiger partial charge in [-0.2, -0.15) is 0 Å². The topological polar surface area (TPSA) is 49.6 Å². The molecule has 0 aromatic heterocycles. The van der Waals surface area contributed by atoms with Crippen molar-refractivity contribution in [1.29, 1.82) is 0 Å². The standard InChI is InChI=1S/C16H29N3O/c1-13(17)12-18(11-9-15-7-3-4-8-15)16(20)19-10-5-6-14(19)2/h14-15H,1,3-12,17H2,2H3. The van der Waals surface area contributed by atoms with Gasteiger partial charge in [0, 0.05) is 24.8 Å². The Bertz CT molecular complexity index is 350. The van der Waals surface area contributed by atoms with Crippen LogP contribution in [0.3, 0.4) is 0 Å². The van der Waals surface area contributed by atoms with Crippen molar-refractivity contribution in [2.75, 3.05) is 19.6 Å². The van der Waals surface area contributed by atoms with Crippen molar-refractivity contribution in [3.05, 3.63) is 12.3 Å². The first-order valence-electron chi connectivity index (χ1n) is 8.06. The summed E-state index contributed by atoms with van der Waals surface area (Å²) in [5.74, 6) is 0.798. The third kappa shape index (κ3) is 3.90. The van der Waals surface area contributed by atoms with Crippen molar-refractivity contribution in [2.45, 2.75) is 57.9 Å². The van der Waals surface area contributed by atoms with Crippen molar-refractivity contribution in [2.24, 2.45) is 11.7 Å². The highest BCUT2D eigenvalue weighted by molar-refractivity contribution is 5.75. The largest absolute Gasteiger partial charge is 0.401 e. The monoisotopic (exact) mass is 279 g/mol. The molecule has 1 aliphatic heterocycles. The summed E-state index contributed by atoms with van der Waals surface area (Å²) in [5.41, 5.74) is 6.32. The van der Waals surface area contributed by atoms with Gasteiger partial charge in [0.2, 0.25) is 0 Å². The number of nitrogens with zero attached hydrogens (tertiary/aromatic N) is 2. The molecule has 1 heterocycles. The lowest BCUT2D eigenvalue weighted by Gasteiger charge is -2.31. The van der Waals surface area contributed by atoms with Gasteiger partial charge in [-0.3, -0.25) is 0 Å². The summed E-state index contributed by atoms with van der Waals surface area (Å²) >= 11 is 0. The highest BCUT2D eigenvalue weighted by atomic mass is 16.2. The Morgan fingerprint density at radius 2 is 2.00 bits per heavy atom. The number of nitrogens with two attached hydrogens (primary N) is 1. The lowest BCUT2D eigenvalue weighted by atomic mass is 10.0. The normalized spacial score (nSPS) is 23.2. The number of carbonyl (C=O) groups is 1. The van der Waals surface area contributed by atoms with Crippen LogP contribution in [0.1, 0.15) is 51.9 Å². The van der Waals surface area contributed by atoms with Crippen molar-refractivity contribution in [3.8, 4) is 0 Å². The Labute approximate surface area is 123 Å². The van der Waals surface area contributed by atoms with Crippen molar-refractivity contribution in [1.82, 2.24) is 9.80 Å². The third-order valence-corrected chi connectivity index (χ3v) is 4.75. The van der Waals surface area contributed by atoms with E-state index >= 15 is 0 Å². The van der Waals surface area contributed by atoms with Crippen molar-refractivity contribution in [3.63, 3.8) is 0 Å². The van der Waals surface area contributed by atoms with Crippen LogP contribution in [0.4, 0.5) is 4.79 Å². The fourth-order valence-corrected chi connectivity index (χ4v) is 3.52. The lowest BCUT2D eigenvalue weighted by molar-refractivity contribution is 0.151. The number of rotatable bonds is 5. The zero-order valence-electron chi connectivity index (χ0n) is 12.8. The average Bonchev–Trinajstić information content (AvgIpc) is 3.04. The van der Waals surface area contributed by atoms with E-state index in [0.29, 0.717) is 18.3 Å². The highest BCUT2D eigenvalue weighted by Crippen LogP contribution is 2.28. The molecular formula is C16H29N3O. The lowest BCUT2D eigenvalue weighted by Crippen LogP contribution is -2.46. The predicted octanol–water partition coefficient (Wildman–Crippen LogP) is 2.95. The molecule has 1 saturated heterocycles. The fourth-order valence-electron chi connectivity index (χ4n) is 3.52. The molecule has 1 aliphatic carbocycles. The first-order valence-corrected chi connectivity index (χ1v) is 8.06. The van der Waals surface area contributed by atoms with Gasteiger partial charge in [-0.15, -0.1) is 0 Å². The van der Waals surface area contributed by atoms with E-state index in [1.807, 2.05) is 9.80 Å². The van der Waals surface area contributed by atoms with Gasteiger partial charge in [0.25, 0.3) is 0 Å². The van der Waals surface area contributed by atoms with E-state index < -0.39 is 0 Å². The second-order valence-electron chi connectivity index (χ2n) is 6.49. The quantitative estimate of drug-likeness (QED) is 0.841. The van der Waals surface area contributed by atoms with Crippen LogP contribution in [0.5, 0.6) is 0 Å². The summed E-state index contributed by atoms with van der Waals surface area (Å²) in [6.45, 7) is 8.11. The molecule has 114 valence electrons. The second-order valence-corrected chi connectivity index (χ2v) is 6.49. The molecule has 1 atom stereocenters. The third-order valence-electron chi connectivity index (χ3n) is 4.75. The maximum Gasteiger partial charge on any atom is 0.320 e. The molecule has 4 nitrogen and oxygen atoms in total. The number of likely N-dealkylation sites (tertiary alicyclic amines) is 1. The second kappa shape index (κ2) is 7.00. The molecule has 1 saturated carbocycles. The van der Waals surface area contributed by atoms with Crippen molar-refractivity contribution >= 4 is 6.03 Å². The molecule has 4 heteroatoms. The van der Waals surface area contributed by atoms with Crippen LogP contribution in [-0.4, -0.2) is 41.5 Å². The molecule has 1 unspecified atom stereocenters. The Hall–Kier alpha value is -1.19. The maximum absolute atomic E-state index is 12.7. The SMILES string of the molecule is C=C(N)CN(CCC1CCCC1)C(=O)N1CCCC1C. The average molecular weight is 279 g/mol. The minimum atomic E-state index is 0.152. The first kappa shape index (κ1) is 15.2. The molecular weight excluding hydrogens is 250 g/mol. The van der Waals surface area contributed by atoms with E-state index in [2.05, 4.69) is 13.5 Å². The van der Waals surface area contributed by atoms with Crippen LogP contribution < -0.4 is 5.73 Å². The van der Waals surface area contributed by atoms with Gasteiger partial charge >= 0.3 is 6.03 Å².